The summed E-state index contributed by atoms with van der Waals surface area (Å²) in [5.74, 6) is -2.04. The van der Waals surface area contributed by atoms with Gasteiger partial charge in [-0.3, -0.25) is 9.59 Å². The summed E-state index contributed by atoms with van der Waals surface area (Å²) < 4.78 is 22.9. The molecule has 2 unspecified atom stereocenters. The number of carbonyl (C=O) groups is 3. The van der Waals surface area contributed by atoms with Gasteiger partial charge in [0.25, 0.3) is 6.29 Å². The number of nitrogens with zero attached hydrogens (tertiary/aromatic N) is 1. The molecule has 0 fully saturated rings. The van der Waals surface area contributed by atoms with Gasteiger partial charge in [0.05, 0.1) is 34.4 Å². The minimum Gasteiger partial charge on any atom is -0.477 e. The largest absolute Gasteiger partial charge is 0.477 e. The highest BCUT2D eigenvalue weighted by Crippen LogP contribution is 2.15. The summed E-state index contributed by atoms with van der Waals surface area (Å²) in [6.45, 7) is 4.73. The Morgan fingerprint density at radius 1 is 0.365 bits per heavy atom. The molecule has 0 rings (SSSR count). The number of hydrogen-bond donors (Lipinski definition) is 1. The van der Waals surface area contributed by atoms with Gasteiger partial charge in [-0.15, -0.1) is 0 Å². The van der Waals surface area contributed by atoms with Gasteiger partial charge in [-0.25, -0.2) is 4.79 Å². The van der Waals surface area contributed by atoms with Crippen molar-refractivity contribution in [3.05, 3.63) is 146 Å². The second kappa shape index (κ2) is 65.2. The lowest BCUT2D eigenvalue weighted by Crippen LogP contribution is -2.40. The molecular weight excluding hydrogens is 1050 g/mol. The first-order chi connectivity index (χ1) is 41.6. The molecule has 0 aliphatic heterocycles. The minimum atomic E-state index is -1.52. The maximum atomic E-state index is 12.9. The molecule has 1 N–H and O–H groups in total. The molecule has 0 aromatic heterocycles. The molecular formula is C76H126NO8+. The van der Waals surface area contributed by atoms with E-state index in [9.17, 15) is 19.5 Å². The predicted octanol–water partition coefficient (Wildman–Crippen LogP) is 21.1. The van der Waals surface area contributed by atoms with Gasteiger partial charge < -0.3 is 28.5 Å². The molecule has 85 heavy (non-hydrogen) atoms. The molecule has 0 spiro atoms. The van der Waals surface area contributed by atoms with E-state index in [1.165, 1.54) is 96.3 Å². The van der Waals surface area contributed by atoms with E-state index < -0.39 is 24.3 Å². The second-order valence-electron chi connectivity index (χ2n) is 23.4. The van der Waals surface area contributed by atoms with Crippen LogP contribution in [-0.4, -0.2) is 87.4 Å². The Hall–Kier alpha value is -4.83. The number of allylic oxidation sites excluding steroid dienone is 24. The average molecular weight is 1180 g/mol. The Morgan fingerprint density at radius 2 is 0.671 bits per heavy atom. The van der Waals surface area contributed by atoms with Gasteiger partial charge in [0, 0.05) is 12.8 Å². The number of carbonyl (C=O) groups excluding carboxylic acids is 2. The van der Waals surface area contributed by atoms with E-state index in [0.29, 0.717) is 17.4 Å². The summed E-state index contributed by atoms with van der Waals surface area (Å²) in [4.78, 5) is 37.6. The van der Waals surface area contributed by atoms with Crippen LogP contribution in [0.4, 0.5) is 0 Å². The van der Waals surface area contributed by atoms with Gasteiger partial charge in [0.15, 0.2) is 6.10 Å². The predicted molar refractivity (Wildman–Crippen MR) is 364 cm³/mol. The Morgan fingerprint density at radius 3 is 1.00 bits per heavy atom. The van der Waals surface area contributed by atoms with Crippen LogP contribution < -0.4 is 0 Å². The van der Waals surface area contributed by atoms with Crippen molar-refractivity contribution >= 4 is 17.9 Å². The molecule has 9 nitrogen and oxygen atoms in total. The third kappa shape index (κ3) is 66.5. The highest BCUT2D eigenvalue weighted by molar-refractivity contribution is 5.71. The van der Waals surface area contributed by atoms with Crippen molar-refractivity contribution in [3.8, 4) is 0 Å². The molecule has 0 aromatic carbocycles. The number of hydrogen-bond acceptors (Lipinski definition) is 7. The SMILES string of the molecule is CC/C=C\C/C=C\C/C=C\C/C=C\C/C=C\C/C=C\C/C=C\C/C=C\C/C=C\C/C=C\CCCCCCCCC(=O)OC(COC(=O)CCCCCCCCCCCCC/C=C\C/C=C\CCCCCCC)COC(OCC[N+](C)(C)C)C(=O)O. The van der Waals surface area contributed by atoms with Crippen LogP contribution in [0.5, 0.6) is 0 Å². The van der Waals surface area contributed by atoms with Crippen LogP contribution in [0.1, 0.15) is 258 Å². The molecule has 0 heterocycles. The van der Waals surface area contributed by atoms with Crippen molar-refractivity contribution in [2.75, 3.05) is 47.5 Å². The summed E-state index contributed by atoms with van der Waals surface area (Å²) in [5.41, 5.74) is 0. The van der Waals surface area contributed by atoms with Crippen LogP contribution >= 0.6 is 0 Å². The first kappa shape index (κ1) is 80.2. The van der Waals surface area contributed by atoms with Gasteiger partial charge >= 0.3 is 17.9 Å². The van der Waals surface area contributed by atoms with Crippen molar-refractivity contribution in [2.45, 2.75) is 270 Å². The highest BCUT2D eigenvalue weighted by atomic mass is 16.7. The molecule has 0 saturated heterocycles. The summed E-state index contributed by atoms with van der Waals surface area (Å²) in [6, 6.07) is 0. The standard InChI is InChI=1S/C76H125NO8/c1-6-8-10-12-14-16-18-20-22-24-26-28-30-31-32-33-34-35-36-37-38-39-40-41-42-43-45-47-49-51-53-55-57-59-61-63-65-67-74(79)85-72(71-84-76(75(80)81)82-69-68-77(3,4)5)70-83-73(78)66-64-62-60-58-56-54-52-50-48-46-44-29-27-25-23-21-19-17-15-13-11-9-7-2/h8,10,14,16,19-22,25-28,31-32,34-35,37-38,40-41,43,45,49,51,72,76H,6-7,9,11-13,15,17-18,23-24,29-30,33,36,39,42,44,46-48,50,52-71H2,1-5H3/p+1/b10-8-,16-14-,21-19-,22-20-,27-25-,28-26-,32-31-,35-34-,38-37-,41-40-,45-43-,51-49-. The molecule has 482 valence electrons. The fraction of sp³-hybridized carbons (Fsp3) is 0.645. The third-order valence-electron chi connectivity index (χ3n) is 14.1. The lowest BCUT2D eigenvalue weighted by molar-refractivity contribution is -0.870. The summed E-state index contributed by atoms with van der Waals surface area (Å²) in [7, 11) is 5.96. The van der Waals surface area contributed by atoms with E-state index in [0.717, 1.165) is 128 Å². The zero-order chi connectivity index (χ0) is 61.9. The van der Waals surface area contributed by atoms with Gasteiger partial charge in [-0.1, -0.05) is 269 Å². The van der Waals surface area contributed by atoms with Crippen LogP contribution in [0.3, 0.4) is 0 Å². The number of likely N-dealkylation sites (N-methyl/N-ethyl adjacent to an activating group) is 1. The van der Waals surface area contributed by atoms with Gasteiger partial charge in [-0.2, -0.15) is 0 Å². The topological polar surface area (TPSA) is 108 Å². The number of carboxylic acid groups (broad SMARTS) is 1. The zero-order valence-corrected chi connectivity index (χ0v) is 55.0. The normalized spacial score (nSPS) is 13.7. The van der Waals surface area contributed by atoms with Crippen LogP contribution in [0, 0.1) is 0 Å². The van der Waals surface area contributed by atoms with E-state index in [4.69, 9.17) is 18.9 Å². The van der Waals surface area contributed by atoms with Crippen LogP contribution in [0.2, 0.25) is 0 Å². The average Bonchev–Trinajstić information content (AvgIpc) is 3.48. The Labute approximate surface area is 522 Å². The molecule has 0 bridgehead atoms. The third-order valence-corrected chi connectivity index (χ3v) is 14.1. The molecule has 2 atom stereocenters. The molecule has 0 radical (unpaired) electrons. The number of esters is 2. The van der Waals surface area contributed by atoms with E-state index in [-0.39, 0.29) is 38.6 Å². The van der Waals surface area contributed by atoms with Crippen molar-refractivity contribution in [1.29, 1.82) is 0 Å². The summed E-state index contributed by atoms with van der Waals surface area (Å²) in [5, 5.41) is 9.74. The van der Waals surface area contributed by atoms with Crippen molar-refractivity contribution in [3.63, 3.8) is 0 Å². The van der Waals surface area contributed by atoms with E-state index >= 15 is 0 Å². The molecule has 0 saturated carbocycles. The quantitative estimate of drug-likeness (QED) is 0.0211. The van der Waals surface area contributed by atoms with Crippen molar-refractivity contribution in [2.24, 2.45) is 0 Å². The van der Waals surface area contributed by atoms with Gasteiger partial charge in [-0.05, 0) is 122 Å². The number of quaternary nitrogens is 1. The first-order valence-electron chi connectivity index (χ1n) is 34.0. The summed E-state index contributed by atoms with van der Waals surface area (Å²) in [6.07, 6.45) is 92.3. The maximum absolute atomic E-state index is 12.9. The number of rotatable bonds is 61. The molecule has 0 aliphatic carbocycles. The molecule has 0 amide bonds. The fourth-order valence-corrected chi connectivity index (χ4v) is 8.90. The monoisotopic (exact) mass is 1180 g/mol. The lowest BCUT2D eigenvalue weighted by atomic mass is 10.0. The first-order valence-corrected chi connectivity index (χ1v) is 34.0. The van der Waals surface area contributed by atoms with E-state index in [1.807, 2.05) is 21.1 Å². The molecule has 0 aliphatic rings. The molecule has 9 heteroatoms. The smallest absolute Gasteiger partial charge is 0.361 e. The number of aliphatic carboxylic acids is 1. The molecule has 0 aromatic rings. The Bertz CT molecular complexity index is 1900. The Kier molecular flexibility index (Phi) is 61.4. The van der Waals surface area contributed by atoms with Gasteiger partial charge in [0.1, 0.15) is 13.2 Å². The fourth-order valence-electron chi connectivity index (χ4n) is 8.90. The lowest BCUT2D eigenvalue weighted by Gasteiger charge is -2.25. The number of ether oxygens (including phenoxy) is 4. The maximum Gasteiger partial charge on any atom is 0.361 e. The number of carboxylic acids is 1. The number of unbranched alkanes of at least 4 members (excludes halogenated alkanes) is 22. The van der Waals surface area contributed by atoms with Crippen LogP contribution in [-0.2, 0) is 33.3 Å². The van der Waals surface area contributed by atoms with Crippen molar-refractivity contribution in [1.82, 2.24) is 0 Å². The minimum absolute atomic E-state index is 0.177. The second-order valence-corrected chi connectivity index (χ2v) is 23.4. The zero-order valence-electron chi connectivity index (χ0n) is 55.0. The van der Waals surface area contributed by atoms with E-state index in [1.54, 1.807) is 0 Å². The van der Waals surface area contributed by atoms with Crippen LogP contribution in [0.15, 0.2) is 146 Å². The van der Waals surface area contributed by atoms with Gasteiger partial charge in [0.2, 0.25) is 0 Å². The van der Waals surface area contributed by atoms with Crippen LogP contribution in [0.25, 0.3) is 0 Å². The van der Waals surface area contributed by atoms with E-state index in [2.05, 4.69) is 160 Å². The highest BCUT2D eigenvalue weighted by Gasteiger charge is 2.25. The van der Waals surface area contributed by atoms with Crippen molar-refractivity contribution < 1.29 is 42.9 Å². The Balaban J connectivity index is 4.24. The summed E-state index contributed by atoms with van der Waals surface area (Å²) >= 11 is 0.